The average Bonchev–Trinajstić information content (AvgIpc) is 3.18. The molecule has 1 atom stereocenters. The largest absolute Gasteiger partial charge is 0.449 e. The molecule has 3 aromatic heterocycles. The minimum atomic E-state index is -0.979. The predicted molar refractivity (Wildman–Crippen MR) is 107 cm³/mol. The molecule has 8 heteroatoms. The Morgan fingerprint density at radius 2 is 2.00 bits per heavy atom. The summed E-state index contributed by atoms with van der Waals surface area (Å²) in [6.07, 6.45) is 3.97. The van der Waals surface area contributed by atoms with E-state index in [1.807, 2.05) is 12.1 Å². The van der Waals surface area contributed by atoms with Crippen LogP contribution >= 0.6 is 0 Å². The number of pyridine rings is 2. The van der Waals surface area contributed by atoms with Crippen molar-refractivity contribution in [3.8, 4) is 11.4 Å². The lowest BCUT2D eigenvalue weighted by Gasteiger charge is -2.13. The van der Waals surface area contributed by atoms with E-state index in [1.54, 1.807) is 55.0 Å². The van der Waals surface area contributed by atoms with Crippen LogP contribution in [0, 0.1) is 0 Å². The lowest BCUT2D eigenvalue weighted by atomic mass is 10.2. The van der Waals surface area contributed by atoms with E-state index in [0.29, 0.717) is 28.2 Å². The quantitative estimate of drug-likeness (QED) is 0.509. The van der Waals surface area contributed by atoms with Gasteiger partial charge in [-0.3, -0.25) is 9.78 Å². The smallest absolute Gasteiger partial charge is 0.338 e. The first-order valence-electron chi connectivity index (χ1n) is 8.93. The zero-order chi connectivity index (χ0) is 20.2. The highest BCUT2D eigenvalue weighted by molar-refractivity contribution is 5.98. The Kier molecular flexibility index (Phi) is 4.98. The molecule has 1 amide bonds. The Morgan fingerprint density at radius 1 is 1.10 bits per heavy atom. The Hall–Kier alpha value is -4.07. The van der Waals surface area contributed by atoms with Crippen molar-refractivity contribution in [3.05, 3.63) is 72.7 Å². The Labute approximate surface area is 166 Å². The van der Waals surface area contributed by atoms with E-state index in [2.05, 4.69) is 25.3 Å². The average molecular weight is 387 g/mol. The summed E-state index contributed by atoms with van der Waals surface area (Å²) < 4.78 is 5.29. The van der Waals surface area contributed by atoms with Crippen molar-refractivity contribution >= 4 is 28.7 Å². The highest BCUT2D eigenvalue weighted by atomic mass is 16.5. The molecule has 0 spiro atoms. The van der Waals surface area contributed by atoms with Crippen molar-refractivity contribution in [3.63, 3.8) is 0 Å². The van der Waals surface area contributed by atoms with Gasteiger partial charge in [-0.05, 0) is 49.4 Å². The highest BCUT2D eigenvalue weighted by Gasteiger charge is 2.20. The van der Waals surface area contributed by atoms with Gasteiger partial charge in [-0.25, -0.2) is 14.8 Å². The zero-order valence-electron chi connectivity index (χ0n) is 15.5. The molecule has 0 saturated heterocycles. The second kappa shape index (κ2) is 7.89. The van der Waals surface area contributed by atoms with Crippen LogP contribution in [0.5, 0.6) is 0 Å². The molecule has 4 rings (SSSR count). The number of ether oxygens (including phenoxy) is 1. The summed E-state index contributed by atoms with van der Waals surface area (Å²) in [4.78, 5) is 40.4. The highest BCUT2D eigenvalue weighted by Crippen LogP contribution is 2.21. The van der Waals surface area contributed by atoms with Gasteiger partial charge >= 0.3 is 5.97 Å². The summed E-state index contributed by atoms with van der Waals surface area (Å²) >= 11 is 0. The van der Waals surface area contributed by atoms with Crippen LogP contribution in [-0.4, -0.2) is 37.9 Å². The second-order valence-corrected chi connectivity index (χ2v) is 6.31. The number of hydrogen-bond donors (Lipinski definition) is 2. The van der Waals surface area contributed by atoms with Gasteiger partial charge in [0.2, 0.25) is 0 Å². The Balaban J connectivity index is 1.47. The van der Waals surface area contributed by atoms with Gasteiger partial charge < -0.3 is 15.0 Å². The van der Waals surface area contributed by atoms with Crippen LogP contribution in [0.3, 0.4) is 0 Å². The number of anilines is 1. The molecule has 0 bridgehead atoms. The van der Waals surface area contributed by atoms with Crippen LogP contribution in [0.4, 0.5) is 5.82 Å². The van der Waals surface area contributed by atoms with Crippen LogP contribution in [-0.2, 0) is 9.53 Å². The number of esters is 1. The van der Waals surface area contributed by atoms with Crippen LogP contribution in [0.1, 0.15) is 17.3 Å². The van der Waals surface area contributed by atoms with Gasteiger partial charge in [-0.15, -0.1) is 0 Å². The number of carbonyl (C=O) groups is 2. The van der Waals surface area contributed by atoms with Gasteiger partial charge in [-0.2, -0.15) is 0 Å². The van der Waals surface area contributed by atoms with Gasteiger partial charge in [0, 0.05) is 24.2 Å². The van der Waals surface area contributed by atoms with E-state index in [4.69, 9.17) is 4.74 Å². The molecule has 0 fully saturated rings. The fraction of sp³-hybridized carbons (Fsp3) is 0.0952. The van der Waals surface area contributed by atoms with Gasteiger partial charge in [0.1, 0.15) is 11.6 Å². The summed E-state index contributed by atoms with van der Waals surface area (Å²) in [6.45, 7) is 1.51. The number of carbonyl (C=O) groups excluding carboxylic acids is 2. The number of rotatable bonds is 5. The van der Waals surface area contributed by atoms with Gasteiger partial charge in [0.15, 0.2) is 6.10 Å². The molecule has 1 unspecified atom stereocenters. The molecule has 2 N–H and O–H groups in total. The molecule has 29 heavy (non-hydrogen) atoms. The number of H-pyrrole nitrogens is 1. The number of aromatic nitrogens is 4. The number of hydrogen-bond acceptors (Lipinski definition) is 6. The lowest BCUT2D eigenvalue weighted by Crippen LogP contribution is -2.30. The normalized spacial score (nSPS) is 11.8. The molecule has 0 saturated carbocycles. The maximum atomic E-state index is 12.5. The van der Waals surface area contributed by atoms with Crippen LogP contribution in [0.2, 0.25) is 0 Å². The third-order valence-electron chi connectivity index (χ3n) is 4.22. The number of amides is 1. The van der Waals surface area contributed by atoms with Crippen LogP contribution in [0.15, 0.2) is 67.1 Å². The number of fused-ring (bicyclic) bond motifs is 1. The summed E-state index contributed by atoms with van der Waals surface area (Å²) in [7, 11) is 0. The summed E-state index contributed by atoms with van der Waals surface area (Å²) in [5.74, 6) is -0.0180. The monoisotopic (exact) mass is 387 g/mol. The molecular formula is C21H17N5O3. The molecule has 8 nitrogen and oxygen atoms in total. The van der Waals surface area contributed by atoms with E-state index in [9.17, 15) is 9.59 Å². The molecular weight excluding hydrogens is 370 g/mol. The fourth-order valence-corrected chi connectivity index (χ4v) is 2.72. The summed E-state index contributed by atoms with van der Waals surface area (Å²) in [5.41, 5.74) is 2.55. The first-order valence-corrected chi connectivity index (χ1v) is 8.93. The first kappa shape index (κ1) is 18.3. The maximum Gasteiger partial charge on any atom is 0.338 e. The molecule has 0 aliphatic carbocycles. The molecule has 3 heterocycles. The molecule has 0 aliphatic rings. The van der Waals surface area contributed by atoms with Crippen molar-refractivity contribution in [1.82, 2.24) is 19.9 Å². The van der Waals surface area contributed by atoms with Crippen molar-refractivity contribution in [2.75, 3.05) is 5.32 Å². The van der Waals surface area contributed by atoms with E-state index < -0.39 is 18.0 Å². The Bertz CT molecular complexity index is 1160. The minimum Gasteiger partial charge on any atom is -0.449 e. The summed E-state index contributed by atoms with van der Waals surface area (Å²) in [5, 5.41) is 2.60. The molecule has 1 aromatic carbocycles. The Morgan fingerprint density at radius 3 is 2.76 bits per heavy atom. The van der Waals surface area contributed by atoms with Crippen molar-refractivity contribution in [2.45, 2.75) is 13.0 Å². The number of nitrogens with zero attached hydrogens (tertiary/aromatic N) is 3. The zero-order valence-corrected chi connectivity index (χ0v) is 15.5. The van der Waals surface area contributed by atoms with E-state index in [0.717, 1.165) is 5.56 Å². The van der Waals surface area contributed by atoms with E-state index in [-0.39, 0.29) is 0 Å². The van der Waals surface area contributed by atoms with Crippen LogP contribution in [0.25, 0.3) is 22.4 Å². The maximum absolute atomic E-state index is 12.5. The standard InChI is InChI=1S/C21H17N5O3/c1-13(20(27)26-18-6-2-3-10-23-18)29-21(28)14-7-8-16-17(11-14)25-19(24-16)15-5-4-9-22-12-15/h2-13H,1H3,(H,24,25)(H,23,26,27). The summed E-state index contributed by atoms with van der Waals surface area (Å²) in [6, 6.07) is 13.8. The van der Waals surface area contributed by atoms with Crippen molar-refractivity contribution in [1.29, 1.82) is 0 Å². The van der Waals surface area contributed by atoms with Gasteiger partial charge in [-0.1, -0.05) is 6.07 Å². The fourth-order valence-electron chi connectivity index (χ4n) is 2.72. The second-order valence-electron chi connectivity index (χ2n) is 6.31. The topological polar surface area (TPSA) is 110 Å². The molecule has 0 aliphatic heterocycles. The number of nitrogens with one attached hydrogen (secondary N) is 2. The number of imidazole rings is 1. The van der Waals surface area contributed by atoms with Gasteiger partial charge in [0.25, 0.3) is 5.91 Å². The molecule has 144 valence electrons. The SMILES string of the molecule is CC(OC(=O)c1ccc2nc(-c3cccnc3)[nH]c2c1)C(=O)Nc1ccccn1. The van der Waals surface area contributed by atoms with Crippen molar-refractivity contribution in [2.24, 2.45) is 0 Å². The predicted octanol–water partition coefficient (Wildman–Crippen LogP) is 3.20. The molecule has 0 radical (unpaired) electrons. The first-order chi connectivity index (χ1) is 14.1. The van der Waals surface area contributed by atoms with Crippen molar-refractivity contribution < 1.29 is 14.3 Å². The van der Waals surface area contributed by atoms with E-state index in [1.165, 1.54) is 6.92 Å². The van der Waals surface area contributed by atoms with Crippen LogP contribution < -0.4 is 5.32 Å². The molecule has 4 aromatic rings. The van der Waals surface area contributed by atoms with E-state index >= 15 is 0 Å². The number of aromatic amines is 1. The lowest BCUT2D eigenvalue weighted by molar-refractivity contribution is -0.123. The third kappa shape index (κ3) is 4.11. The van der Waals surface area contributed by atoms with Gasteiger partial charge in [0.05, 0.1) is 16.6 Å². The number of benzene rings is 1. The third-order valence-corrected chi connectivity index (χ3v) is 4.22. The minimum absolute atomic E-state index is 0.316.